The van der Waals surface area contributed by atoms with E-state index in [0.717, 1.165) is 5.56 Å². The van der Waals surface area contributed by atoms with Crippen LogP contribution in [0.4, 0.5) is 11.4 Å². The van der Waals surface area contributed by atoms with E-state index in [1.54, 1.807) is 49.0 Å². The fourth-order valence-corrected chi connectivity index (χ4v) is 2.77. The van der Waals surface area contributed by atoms with Crippen LogP contribution in [0, 0.1) is 10.1 Å². The first-order valence-electron chi connectivity index (χ1n) is 9.62. The SMILES string of the molecule is CCn1cc(NC(=O)c2ccc(Cn3cc([N+](=O)[O-])cn3)cc2)c(C(=O)OC(C)C)n1. The number of nitro groups is 1. The summed E-state index contributed by atoms with van der Waals surface area (Å²) in [4.78, 5) is 35.2. The number of carbonyl (C=O) groups is 2. The highest BCUT2D eigenvalue weighted by molar-refractivity contribution is 6.07. The molecule has 11 nitrogen and oxygen atoms in total. The highest BCUT2D eigenvalue weighted by Crippen LogP contribution is 2.18. The fourth-order valence-electron chi connectivity index (χ4n) is 2.77. The van der Waals surface area contributed by atoms with Gasteiger partial charge >= 0.3 is 11.7 Å². The standard InChI is InChI=1S/C20H22N6O5/c1-4-24-12-17(18(23-24)20(28)31-13(2)3)22-19(27)15-7-5-14(6-8-15)10-25-11-16(9-21-25)26(29)30/h5-9,11-13H,4,10H2,1-3H3,(H,22,27). The van der Waals surface area contributed by atoms with Crippen molar-refractivity contribution in [3.8, 4) is 0 Å². The fraction of sp³-hybridized carbons (Fsp3) is 0.300. The monoisotopic (exact) mass is 426 g/mol. The normalized spacial score (nSPS) is 10.8. The lowest BCUT2D eigenvalue weighted by atomic mass is 10.1. The summed E-state index contributed by atoms with van der Waals surface area (Å²) >= 11 is 0. The Bertz CT molecular complexity index is 1100. The lowest BCUT2D eigenvalue weighted by Crippen LogP contribution is -2.17. The molecular weight excluding hydrogens is 404 g/mol. The van der Waals surface area contributed by atoms with Crippen molar-refractivity contribution in [2.45, 2.75) is 40.0 Å². The smallest absolute Gasteiger partial charge is 0.361 e. The summed E-state index contributed by atoms with van der Waals surface area (Å²) in [6, 6.07) is 6.70. The van der Waals surface area contributed by atoms with E-state index in [1.807, 2.05) is 6.92 Å². The van der Waals surface area contributed by atoms with Gasteiger partial charge in [-0.05, 0) is 38.5 Å². The Morgan fingerprint density at radius 3 is 2.48 bits per heavy atom. The number of hydrogen-bond acceptors (Lipinski definition) is 7. The van der Waals surface area contributed by atoms with Crippen LogP contribution >= 0.6 is 0 Å². The van der Waals surface area contributed by atoms with Gasteiger partial charge in [-0.3, -0.25) is 24.3 Å². The van der Waals surface area contributed by atoms with Crippen LogP contribution in [0.3, 0.4) is 0 Å². The Morgan fingerprint density at radius 1 is 1.19 bits per heavy atom. The van der Waals surface area contributed by atoms with Gasteiger partial charge in [-0.15, -0.1) is 0 Å². The van der Waals surface area contributed by atoms with Crippen molar-refractivity contribution in [2.24, 2.45) is 0 Å². The van der Waals surface area contributed by atoms with Gasteiger partial charge in [-0.2, -0.15) is 10.2 Å². The summed E-state index contributed by atoms with van der Waals surface area (Å²) in [6.07, 6.45) is 3.78. The summed E-state index contributed by atoms with van der Waals surface area (Å²) in [6.45, 7) is 6.18. The molecule has 1 amide bonds. The van der Waals surface area contributed by atoms with Crippen LogP contribution in [0.15, 0.2) is 42.9 Å². The molecule has 0 atom stereocenters. The van der Waals surface area contributed by atoms with Crippen LogP contribution in [0.2, 0.25) is 0 Å². The van der Waals surface area contributed by atoms with Crippen molar-refractivity contribution in [1.29, 1.82) is 0 Å². The van der Waals surface area contributed by atoms with E-state index in [1.165, 1.54) is 17.1 Å². The van der Waals surface area contributed by atoms with Crippen molar-refractivity contribution in [3.63, 3.8) is 0 Å². The molecule has 0 unspecified atom stereocenters. The van der Waals surface area contributed by atoms with Crippen molar-refractivity contribution >= 4 is 23.3 Å². The van der Waals surface area contributed by atoms with Gasteiger partial charge in [0.15, 0.2) is 5.69 Å². The van der Waals surface area contributed by atoms with Crippen LogP contribution in [0.1, 0.15) is 47.2 Å². The number of hydrogen-bond donors (Lipinski definition) is 1. The first-order chi connectivity index (χ1) is 14.8. The van der Waals surface area contributed by atoms with Gasteiger partial charge in [0.1, 0.15) is 12.4 Å². The maximum Gasteiger partial charge on any atom is 0.361 e. The third-order valence-corrected chi connectivity index (χ3v) is 4.26. The Balaban J connectivity index is 1.71. The number of benzene rings is 1. The summed E-state index contributed by atoms with van der Waals surface area (Å²) in [5.41, 5.74) is 1.42. The lowest BCUT2D eigenvalue weighted by Gasteiger charge is -2.08. The quantitative estimate of drug-likeness (QED) is 0.332. The van der Waals surface area contributed by atoms with Crippen molar-refractivity contribution < 1.29 is 19.2 Å². The van der Waals surface area contributed by atoms with Gasteiger partial charge in [0.05, 0.1) is 23.3 Å². The summed E-state index contributed by atoms with van der Waals surface area (Å²) in [5.74, 6) is -1.02. The van der Waals surface area contributed by atoms with Gasteiger partial charge in [0.25, 0.3) is 5.91 Å². The average Bonchev–Trinajstić information content (AvgIpc) is 3.35. The van der Waals surface area contributed by atoms with E-state index >= 15 is 0 Å². The minimum atomic E-state index is -0.610. The van der Waals surface area contributed by atoms with Gasteiger partial charge in [0.2, 0.25) is 0 Å². The molecule has 0 saturated carbocycles. The molecule has 0 bridgehead atoms. The molecule has 1 N–H and O–H groups in total. The van der Waals surface area contributed by atoms with Crippen LogP contribution < -0.4 is 5.32 Å². The number of rotatable bonds is 8. The highest BCUT2D eigenvalue weighted by atomic mass is 16.6. The molecule has 2 aromatic heterocycles. The molecule has 162 valence electrons. The Morgan fingerprint density at radius 2 is 1.90 bits per heavy atom. The molecule has 0 aliphatic heterocycles. The predicted octanol–water partition coefficient (Wildman–Crippen LogP) is 2.87. The number of nitrogens with one attached hydrogen (secondary N) is 1. The van der Waals surface area contributed by atoms with E-state index in [4.69, 9.17) is 4.74 Å². The molecule has 11 heteroatoms. The second-order valence-electron chi connectivity index (χ2n) is 7.01. The lowest BCUT2D eigenvalue weighted by molar-refractivity contribution is -0.385. The molecule has 0 radical (unpaired) electrons. The molecule has 3 rings (SSSR count). The third kappa shape index (κ3) is 5.32. The molecule has 31 heavy (non-hydrogen) atoms. The number of aryl methyl sites for hydroxylation is 1. The van der Waals surface area contributed by atoms with Crippen molar-refractivity contribution in [2.75, 3.05) is 5.32 Å². The van der Waals surface area contributed by atoms with Gasteiger partial charge in [-0.1, -0.05) is 12.1 Å². The maximum absolute atomic E-state index is 12.7. The van der Waals surface area contributed by atoms with Gasteiger partial charge < -0.3 is 10.1 Å². The molecular formula is C20H22N6O5. The number of nitrogens with zero attached hydrogens (tertiary/aromatic N) is 5. The largest absolute Gasteiger partial charge is 0.458 e. The zero-order valence-electron chi connectivity index (χ0n) is 17.3. The Labute approximate surface area is 177 Å². The van der Waals surface area contributed by atoms with E-state index in [2.05, 4.69) is 15.5 Å². The van der Waals surface area contributed by atoms with Crippen molar-refractivity contribution in [3.05, 3.63) is 69.8 Å². The number of carbonyl (C=O) groups excluding carboxylic acids is 2. The molecule has 1 aromatic carbocycles. The minimum absolute atomic E-state index is 0.0424. The number of aromatic nitrogens is 4. The molecule has 2 heterocycles. The maximum atomic E-state index is 12.7. The predicted molar refractivity (Wildman–Crippen MR) is 111 cm³/mol. The van der Waals surface area contributed by atoms with Crippen molar-refractivity contribution in [1.82, 2.24) is 19.6 Å². The first kappa shape index (κ1) is 21.7. The van der Waals surface area contributed by atoms with Crippen LogP contribution in [0.25, 0.3) is 0 Å². The highest BCUT2D eigenvalue weighted by Gasteiger charge is 2.21. The second-order valence-corrected chi connectivity index (χ2v) is 7.01. The average molecular weight is 426 g/mol. The minimum Gasteiger partial charge on any atom is -0.458 e. The van der Waals surface area contributed by atoms with Gasteiger partial charge in [0, 0.05) is 18.3 Å². The van der Waals surface area contributed by atoms with E-state index in [-0.39, 0.29) is 23.2 Å². The zero-order valence-corrected chi connectivity index (χ0v) is 17.3. The second kappa shape index (κ2) is 9.20. The van der Waals surface area contributed by atoms with Crippen LogP contribution in [-0.4, -0.2) is 42.5 Å². The van der Waals surface area contributed by atoms with E-state index in [0.29, 0.717) is 18.7 Å². The number of ether oxygens (including phenoxy) is 1. The molecule has 0 saturated heterocycles. The molecule has 0 fully saturated rings. The Hall–Kier alpha value is -4.02. The molecule has 3 aromatic rings. The van der Waals surface area contributed by atoms with Gasteiger partial charge in [-0.25, -0.2) is 4.79 Å². The van der Waals surface area contributed by atoms with Crippen LogP contribution in [0.5, 0.6) is 0 Å². The summed E-state index contributed by atoms with van der Waals surface area (Å²) in [7, 11) is 0. The first-order valence-corrected chi connectivity index (χ1v) is 9.62. The Kier molecular flexibility index (Phi) is 6.43. The zero-order chi connectivity index (χ0) is 22.5. The van der Waals surface area contributed by atoms with Crippen LogP contribution in [-0.2, 0) is 17.8 Å². The third-order valence-electron chi connectivity index (χ3n) is 4.26. The summed E-state index contributed by atoms with van der Waals surface area (Å²) < 4.78 is 8.18. The van der Waals surface area contributed by atoms with E-state index < -0.39 is 16.8 Å². The van der Waals surface area contributed by atoms with E-state index in [9.17, 15) is 19.7 Å². The number of anilines is 1. The topological polar surface area (TPSA) is 134 Å². The molecule has 0 spiro atoms. The number of esters is 1. The summed E-state index contributed by atoms with van der Waals surface area (Å²) in [5, 5.41) is 21.6. The number of amides is 1. The molecule has 0 aliphatic carbocycles. The molecule has 0 aliphatic rings.